The summed E-state index contributed by atoms with van der Waals surface area (Å²) in [5.41, 5.74) is 1.11. The van der Waals surface area contributed by atoms with E-state index in [2.05, 4.69) is 11.9 Å². The third-order valence-corrected chi connectivity index (χ3v) is 5.82. The van der Waals surface area contributed by atoms with Crippen LogP contribution in [0.3, 0.4) is 0 Å². The third kappa shape index (κ3) is 3.11. The number of fused-ring (bicyclic) bond motifs is 1. The Labute approximate surface area is 141 Å². The Hall–Kier alpha value is -1.49. The van der Waals surface area contributed by atoms with Gasteiger partial charge in [0.2, 0.25) is 11.6 Å². The SMILES string of the molecule is CSC1C(=O)c2ncccc2C(=O)C1=N[C@H](C)C1CCCCC1. The minimum absolute atomic E-state index is 0.0925. The molecule has 0 radical (unpaired) electrons. The van der Waals surface area contributed by atoms with Crippen LogP contribution in [-0.4, -0.2) is 39.8 Å². The maximum absolute atomic E-state index is 12.8. The van der Waals surface area contributed by atoms with Crippen LogP contribution in [0.25, 0.3) is 0 Å². The van der Waals surface area contributed by atoms with Crippen molar-refractivity contribution in [3.05, 3.63) is 29.6 Å². The first-order chi connectivity index (χ1) is 11.1. The van der Waals surface area contributed by atoms with Gasteiger partial charge in [-0.15, -0.1) is 11.8 Å². The molecule has 0 amide bonds. The third-order valence-electron chi connectivity index (χ3n) is 4.92. The highest BCUT2D eigenvalue weighted by atomic mass is 32.2. The zero-order chi connectivity index (χ0) is 16.4. The van der Waals surface area contributed by atoms with E-state index in [1.54, 1.807) is 18.3 Å². The molecule has 0 N–H and O–H groups in total. The number of carbonyl (C=O) groups excluding carboxylic acids is 2. The van der Waals surface area contributed by atoms with Crippen molar-refractivity contribution in [2.45, 2.75) is 50.3 Å². The number of hydrogen-bond donors (Lipinski definition) is 0. The lowest BCUT2D eigenvalue weighted by Gasteiger charge is -2.28. The average molecular weight is 330 g/mol. The van der Waals surface area contributed by atoms with E-state index >= 15 is 0 Å². The summed E-state index contributed by atoms with van der Waals surface area (Å²) in [6.45, 7) is 2.08. The Bertz CT molecular complexity index is 650. The molecule has 1 fully saturated rings. The molecule has 1 aromatic heterocycles. The van der Waals surface area contributed by atoms with Crippen LogP contribution in [0.1, 0.15) is 59.9 Å². The summed E-state index contributed by atoms with van der Waals surface area (Å²) >= 11 is 1.38. The molecule has 1 aromatic rings. The number of aromatic nitrogens is 1. The lowest BCUT2D eigenvalue weighted by Crippen LogP contribution is -2.41. The number of hydrogen-bond acceptors (Lipinski definition) is 5. The Morgan fingerprint density at radius 2 is 2.00 bits per heavy atom. The summed E-state index contributed by atoms with van der Waals surface area (Å²) in [6, 6.07) is 3.47. The van der Waals surface area contributed by atoms with Crippen LogP contribution in [0.5, 0.6) is 0 Å². The fourth-order valence-electron chi connectivity index (χ4n) is 3.58. The second-order valence-corrected chi connectivity index (χ2v) is 7.30. The van der Waals surface area contributed by atoms with Gasteiger partial charge in [-0.05, 0) is 44.1 Å². The Morgan fingerprint density at radius 3 is 2.70 bits per heavy atom. The predicted octanol–water partition coefficient (Wildman–Crippen LogP) is 3.60. The van der Waals surface area contributed by atoms with Crippen LogP contribution in [-0.2, 0) is 0 Å². The average Bonchev–Trinajstić information content (AvgIpc) is 2.60. The number of nitrogens with zero attached hydrogens (tertiary/aromatic N) is 2. The summed E-state index contributed by atoms with van der Waals surface area (Å²) in [5.74, 6) is 0.300. The number of ketones is 2. The number of carbonyl (C=O) groups is 2. The number of pyridine rings is 1. The van der Waals surface area contributed by atoms with Gasteiger partial charge in [-0.25, -0.2) is 0 Å². The Kier molecular flexibility index (Phi) is 4.95. The molecule has 3 rings (SSSR count). The maximum Gasteiger partial charge on any atom is 0.210 e. The van der Waals surface area contributed by atoms with Crippen molar-refractivity contribution in [3.63, 3.8) is 0 Å². The first-order valence-electron chi connectivity index (χ1n) is 8.28. The molecule has 2 aliphatic carbocycles. The molecular formula is C18H22N2O2S. The van der Waals surface area contributed by atoms with E-state index in [0.29, 0.717) is 22.9 Å². The van der Waals surface area contributed by atoms with Crippen molar-refractivity contribution < 1.29 is 9.59 Å². The molecule has 122 valence electrons. The van der Waals surface area contributed by atoms with Gasteiger partial charge in [0.15, 0.2) is 0 Å². The number of Topliss-reactive ketones (excluding diaryl/α,β-unsaturated/α-hetero) is 2. The topological polar surface area (TPSA) is 59.4 Å². The summed E-state index contributed by atoms with van der Waals surface area (Å²) in [6.07, 6.45) is 9.53. The predicted molar refractivity (Wildman–Crippen MR) is 93.7 cm³/mol. The van der Waals surface area contributed by atoms with Crippen LogP contribution in [0, 0.1) is 5.92 Å². The van der Waals surface area contributed by atoms with Crippen molar-refractivity contribution in [2.24, 2.45) is 10.9 Å². The van der Waals surface area contributed by atoms with Gasteiger partial charge in [-0.1, -0.05) is 19.3 Å². The van der Waals surface area contributed by atoms with E-state index in [4.69, 9.17) is 4.99 Å². The second-order valence-electron chi connectivity index (χ2n) is 6.36. The van der Waals surface area contributed by atoms with Gasteiger partial charge in [-0.3, -0.25) is 19.6 Å². The fourth-order valence-corrected chi connectivity index (χ4v) is 4.29. The molecule has 1 unspecified atom stereocenters. The Morgan fingerprint density at radius 1 is 1.26 bits per heavy atom. The zero-order valence-electron chi connectivity index (χ0n) is 13.6. The molecule has 4 nitrogen and oxygen atoms in total. The lowest BCUT2D eigenvalue weighted by atomic mass is 9.84. The second kappa shape index (κ2) is 6.95. The lowest BCUT2D eigenvalue weighted by molar-refractivity contribution is 0.0964. The minimum atomic E-state index is -0.518. The van der Waals surface area contributed by atoms with Crippen molar-refractivity contribution in [1.82, 2.24) is 4.98 Å². The first kappa shape index (κ1) is 16.4. The fraction of sp³-hybridized carbons (Fsp3) is 0.556. The van der Waals surface area contributed by atoms with Crippen LogP contribution >= 0.6 is 11.8 Å². The van der Waals surface area contributed by atoms with Crippen molar-refractivity contribution in [2.75, 3.05) is 6.26 Å². The molecular weight excluding hydrogens is 308 g/mol. The largest absolute Gasteiger partial charge is 0.291 e. The number of aliphatic imine (C=N–C) groups is 1. The molecule has 1 heterocycles. The van der Waals surface area contributed by atoms with E-state index in [1.807, 2.05) is 6.26 Å². The first-order valence-corrected chi connectivity index (χ1v) is 9.56. The summed E-state index contributed by atoms with van der Waals surface area (Å²) < 4.78 is 0. The number of thioether (sulfide) groups is 1. The monoisotopic (exact) mass is 330 g/mol. The van der Waals surface area contributed by atoms with Crippen LogP contribution in [0.2, 0.25) is 0 Å². The smallest absolute Gasteiger partial charge is 0.210 e. The van der Waals surface area contributed by atoms with Crippen LogP contribution in [0.4, 0.5) is 0 Å². The van der Waals surface area contributed by atoms with Gasteiger partial charge in [0.05, 0.1) is 11.6 Å². The van der Waals surface area contributed by atoms with Crippen molar-refractivity contribution in [1.29, 1.82) is 0 Å². The van der Waals surface area contributed by atoms with Crippen LogP contribution in [0.15, 0.2) is 23.3 Å². The molecule has 2 atom stereocenters. The quantitative estimate of drug-likeness (QED) is 0.849. The van der Waals surface area contributed by atoms with Gasteiger partial charge in [-0.2, -0.15) is 0 Å². The molecule has 23 heavy (non-hydrogen) atoms. The van der Waals surface area contributed by atoms with E-state index in [1.165, 1.54) is 43.9 Å². The van der Waals surface area contributed by atoms with E-state index in [0.717, 1.165) is 0 Å². The minimum Gasteiger partial charge on any atom is -0.291 e. The van der Waals surface area contributed by atoms with Gasteiger partial charge in [0.1, 0.15) is 16.7 Å². The van der Waals surface area contributed by atoms with Gasteiger partial charge in [0.25, 0.3) is 0 Å². The highest BCUT2D eigenvalue weighted by Crippen LogP contribution is 2.30. The van der Waals surface area contributed by atoms with Crippen molar-refractivity contribution in [3.8, 4) is 0 Å². The standard InChI is InChI=1S/C18H22N2O2S/c1-11(12-7-4-3-5-8-12)20-15-16(21)13-9-6-10-19-14(13)17(22)18(15)23-2/h6,9-12,18H,3-5,7-8H2,1-2H3/t11-,18?/m1/s1. The normalized spacial score (nSPS) is 25.5. The summed E-state index contributed by atoms with van der Waals surface area (Å²) in [7, 11) is 0. The zero-order valence-corrected chi connectivity index (χ0v) is 14.4. The molecule has 0 aromatic carbocycles. The molecule has 0 bridgehead atoms. The van der Waals surface area contributed by atoms with Crippen LogP contribution < -0.4 is 0 Å². The maximum atomic E-state index is 12.8. The molecule has 0 aliphatic heterocycles. The molecule has 0 saturated heterocycles. The summed E-state index contributed by atoms with van der Waals surface area (Å²) in [5, 5.41) is -0.518. The highest BCUT2D eigenvalue weighted by Gasteiger charge is 2.39. The van der Waals surface area contributed by atoms with Crippen molar-refractivity contribution >= 4 is 29.0 Å². The highest BCUT2D eigenvalue weighted by molar-refractivity contribution is 8.00. The molecule has 2 aliphatic rings. The molecule has 1 saturated carbocycles. The van der Waals surface area contributed by atoms with E-state index < -0.39 is 5.25 Å². The number of rotatable bonds is 3. The van der Waals surface area contributed by atoms with E-state index in [9.17, 15) is 9.59 Å². The molecule has 0 spiro atoms. The Balaban J connectivity index is 1.95. The molecule has 5 heteroatoms. The summed E-state index contributed by atoms with van der Waals surface area (Å²) in [4.78, 5) is 34.3. The van der Waals surface area contributed by atoms with Gasteiger partial charge >= 0.3 is 0 Å². The van der Waals surface area contributed by atoms with E-state index in [-0.39, 0.29) is 17.6 Å². The van der Waals surface area contributed by atoms with Gasteiger partial charge in [0, 0.05) is 6.20 Å². The van der Waals surface area contributed by atoms with Gasteiger partial charge < -0.3 is 0 Å².